The van der Waals surface area contributed by atoms with E-state index in [4.69, 9.17) is 0 Å². The first-order valence-corrected chi connectivity index (χ1v) is 1.48. The Morgan fingerprint density at radius 3 is 2.40 bits per heavy atom. The number of allylic oxidation sites excluding steroid dienone is 2. The Morgan fingerprint density at radius 2 is 2.40 bits per heavy atom. The van der Waals surface area contributed by atoms with E-state index in [-0.39, 0.29) is 1.43 Å². The standard InChI is InChI=1S/C4H6O/c1-2-3-4-5/h2-4H,1H3/p+1/b3-2+. The van der Waals surface area contributed by atoms with Crippen molar-refractivity contribution in [2.45, 2.75) is 6.92 Å². The van der Waals surface area contributed by atoms with Crippen molar-refractivity contribution in [1.82, 2.24) is 0 Å². The summed E-state index contributed by atoms with van der Waals surface area (Å²) in [5, 5.41) is 0. The van der Waals surface area contributed by atoms with Gasteiger partial charge in [0.2, 0.25) is 0 Å². The number of carbonyl (C=O) groups is 1. The zero-order valence-electron chi connectivity index (χ0n) is 4.14. The van der Waals surface area contributed by atoms with Crippen LogP contribution >= 0.6 is 0 Å². The highest BCUT2D eigenvalue weighted by atomic mass is 16.1. The average molecular weight is 71.1 g/mol. The lowest BCUT2D eigenvalue weighted by Gasteiger charge is -1.51. The highest BCUT2D eigenvalue weighted by molar-refractivity contribution is 5.64. The van der Waals surface area contributed by atoms with E-state index in [0.29, 0.717) is 0 Å². The van der Waals surface area contributed by atoms with Gasteiger partial charge in [-0.2, -0.15) is 0 Å². The molecule has 0 fully saturated rings. The molecule has 0 heterocycles. The number of carbonyl (C=O) groups excluding carboxylic acids is 1. The van der Waals surface area contributed by atoms with E-state index in [9.17, 15) is 4.79 Å². The summed E-state index contributed by atoms with van der Waals surface area (Å²) in [6, 6.07) is 0. The lowest BCUT2D eigenvalue weighted by Crippen LogP contribution is -1.50. The van der Waals surface area contributed by atoms with E-state index in [1.54, 1.807) is 13.0 Å². The summed E-state index contributed by atoms with van der Waals surface area (Å²) < 4.78 is 0. The first-order chi connectivity index (χ1) is 2.41. The molecule has 0 aromatic heterocycles. The molecule has 0 saturated heterocycles. The van der Waals surface area contributed by atoms with Crippen molar-refractivity contribution < 1.29 is 6.22 Å². The number of aldehydes is 1. The molecule has 0 radical (unpaired) electrons. The van der Waals surface area contributed by atoms with Crippen LogP contribution in [0.3, 0.4) is 0 Å². The smallest absolute Gasteiger partial charge is 0.299 e. The molecular formula is C4H7O+. The van der Waals surface area contributed by atoms with Gasteiger partial charge in [-0.1, -0.05) is 6.08 Å². The molecule has 0 atom stereocenters. The van der Waals surface area contributed by atoms with Crippen LogP contribution in [0.15, 0.2) is 12.2 Å². The fourth-order valence-corrected chi connectivity index (χ4v) is 0.0786. The topological polar surface area (TPSA) is 17.1 Å². The third-order valence-corrected chi connectivity index (χ3v) is 0.271. The highest BCUT2D eigenvalue weighted by Crippen LogP contribution is 1.55. The van der Waals surface area contributed by atoms with Gasteiger partial charge in [-0.3, -0.25) is 4.79 Å². The van der Waals surface area contributed by atoms with Crippen LogP contribution in [0.2, 0.25) is 0 Å². The Bertz CT molecular complexity index is 49.5. The zero-order valence-corrected chi connectivity index (χ0v) is 3.14. The lowest BCUT2D eigenvalue weighted by atomic mass is 10.6. The molecule has 0 aliphatic heterocycles. The van der Waals surface area contributed by atoms with Gasteiger partial charge in [-0.05, 0) is 13.0 Å². The second-order valence-electron chi connectivity index (χ2n) is 0.662. The lowest BCUT2D eigenvalue weighted by molar-refractivity contribution is -0.104. The van der Waals surface area contributed by atoms with Crippen LogP contribution in [0.25, 0.3) is 0 Å². The Labute approximate surface area is 32.8 Å². The molecule has 5 heavy (non-hydrogen) atoms. The molecule has 0 unspecified atom stereocenters. The molecule has 0 rings (SSSR count). The molecule has 0 saturated carbocycles. The summed E-state index contributed by atoms with van der Waals surface area (Å²) >= 11 is 0. The van der Waals surface area contributed by atoms with E-state index >= 15 is 0 Å². The minimum Gasteiger partial charge on any atom is -0.299 e. The van der Waals surface area contributed by atoms with E-state index in [0.717, 1.165) is 6.29 Å². The fraction of sp³-hybridized carbons (Fsp3) is 0.250. The predicted molar refractivity (Wildman–Crippen MR) is 22.0 cm³/mol. The third kappa shape index (κ3) is 3.41. The van der Waals surface area contributed by atoms with Gasteiger partial charge in [0.25, 0.3) is 0 Å². The molecular weight excluding hydrogens is 64.0 g/mol. The normalized spacial score (nSPS) is 9.00. The van der Waals surface area contributed by atoms with Gasteiger partial charge in [0.05, 0.1) is 0 Å². The fourth-order valence-electron chi connectivity index (χ4n) is 0.0786. The average Bonchev–Trinajstić information content (AvgIpc) is 1.41. The van der Waals surface area contributed by atoms with Gasteiger partial charge in [-0.15, -0.1) is 0 Å². The quantitative estimate of drug-likeness (QED) is 0.331. The van der Waals surface area contributed by atoms with Gasteiger partial charge in [0.15, 0.2) is 0 Å². The van der Waals surface area contributed by atoms with E-state index < -0.39 is 0 Å². The summed E-state index contributed by atoms with van der Waals surface area (Å²) in [5.74, 6) is 0. The van der Waals surface area contributed by atoms with Crippen LogP contribution in [0.5, 0.6) is 0 Å². The Kier molecular flexibility index (Phi) is 3.01. The van der Waals surface area contributed by atoms with Gasteiger partial charge in [0, 0.05) is 0 Å². The van der Waals surface area contributed by atoms with Gasteiger partial charge in [0.1, 0.15) is 6.29 Å². The summed E-state index contributed by atoms with van der Waals surface area (Å²) in [4.78, 5) is 9.32. The molecule has 1 heteroatoms. The molecule has 0 aliphatic carbocycles. The van der Waals surface area contributed by atoms with Crippen molar-refractivity contribution in [2.75, 3.05) is 0 Å². The maximum atomic E-state index is 9.32. The van der Waals surface area contributed by atoms with Crippen LogP contribution in [0.1, 0.15) is 8.35 Å². The minimum atomic E-state index is 0. The molecule has 0 aromatic carbocycles. The predicted octanol–water partition coefficient (Wildman–Crippen LogP) is 0.874. The minimum absolute atomic E-state index is 0. The molecule has 0 aliphatic rings. The van der Waals surface area contributed by atoms with Gasteiger partial charge < -0.3 is 0 Å². The van der Waals surface area contributed by atoms with Crippen molar-refractivity contribution in [3.05, 3.63) is 12.2 Å². The molecule has 0 spiro atoms. The van der Waals surface area contributed by atoms with Crippen LogP contribution in [0, 0.1) is 0 Å². The van der Waals surface area contributed by atoms with Crippen LogP contribution in [-0.2, 0) is 4.79 Å². The van der Waals surface area contributed by atoms with Gasteiger partial charge >= 0.3 is 1.43 Å². The van der Waals surface area contributed by atoms with Crippen LogP contribution < -0.4 is 0 Å². The summed E-state index contributed by atoms with van der Waals surface area (Å²) in [7, 11) is 0. The van der Waals surface area contributed by atoms with Crippen molar-refractivity contribution in [3.63, 3.8) is 0 Å². The van der Waals surface area contributed by atoms with Crippen LogP contribution in [-0.4, -0.2) is 6.29 Å². The number of rotatable bonds is 1. The van der Waals surface area contributed by atoms with Crippen molar-refractivity contribution >= 4 is 6.29 Å². The van der Waals surface area contributed by atoms with Crippen LogP contribution in [0.4, 0.5) is 0 Å². The maximum Gasteiger partial charge on any atom is 1.00 e. The molecule has 28 valence electrons. The second-order valence-corrected chi connectivity index (χ2v) is 0.662. The molecule has 1 nitrogen and oxygen atoms in total. The van der Waals surface area contributed by atoms with Crippen molar-refractivity contribution in [1.29, 1.82) is 0 Å². The maximum absolute atomic E-state index is 9.32. The van der Waals surface area contributed by atoms with E-state index in [1.165, 1.54) is 6.08 Å². The first kappa shape index (κ1) is 4.41. The molecule has 0 N–H and O–H groups in total. The van der Waals surface area contributed by atoms with E-state index in [2.05, 4.69) is 0 Å². The third-order valence-electron chi connectivity index (χ3n) is 0.271. The molecule has 0 aromatic rings. The number of hydrogen-bond acceptors (Lipinski definition) is 1. The first-order valence-electron chi connectivity index (χ1n) is 1.48. The molecule has 0 amide bonds. The van der Waals surface area contributed by atoms with E-state index in [1.807, 2.05) is 0 Å². The Hall–Kier alpha value is -0.590. The van der Waals surface area contributed by atoms with Crippen molar-refractivity contribution in [2.24, 2.45) is 0 Å². The summed E-state index contributed by atoms with van der Waals surface area (Å²) in [6.45, 7) is 1.80. The Balaban J connectivity index is 0. The van der Waals surface area contributed by atoms with Gasteiger partial charge in [-0.25, -0.2) is 0 Å². The molecule has 0 bridgehead atoms. The summed E-state index contributed by atoms with van der Waals surface area (Å²) in [5.41, 5.74) is 0. The number of hydrogen-bond donors (Lipinski definition) is 0. The zero-order chi connectivity index (χ0) is 4.12. The second kappa shape index (κ2) is 3.41. The monoisotopic (exact) mass is 71.0 g/mol. The SMILES string of the molecule is C/C=C/C=O.[H+]. The Morgan fingerprint density at radius 1 is 1.80 bits per heavy atom. The van der Waals surface area contributed by atoms with Crippen molar-refractivity contribution in [3.8, 4) is 0 Å². The summed E-state index contributed by atoms with van der Waals surface area (Å²) in [6.07, 6.45) is 3.88. The highest BCUT2D eigenvalue weighted by Gasteiger charge is 1.48. The largest absolute Gasteiger partial charge is 1.00 e.